The number of anilines is 1. The number of amides is 1. The Morgan fingerprint density at radius 3 is 2.60 bits per heavy atom. The zero-order chi connectivity index (χ0) is 15.3. The molecule has 0 aliphatic heterocycles. The Morgan fingerprint density at radius 1 is 1.40 bits per heavy atom. The van der Waals surface area contributed by atoms with Crippen LogP contribution in [0.1, 0.15) is 26.3 Å². The lowest BCUT2D eigenvalue weighted by atomic mass is 10.1. The molecule has 1 aromatic rings. The Kier molecular flexibility index (Phi) is 5.18. The van der Waals surface area contributed by atoms with Crippen molar-refractivity contribution >= 4 is 23.2 Å². The fourth-order valence-electron chi connectivity index (χ4n) is 1.37. The average Bonchev–Trinajstić information content (AvgIpc) is 2.34. The molecule has 20 heavy (non-hydrogen) atoms. The minimum atomic E-state index is -0.463. The second kappa shape index (κ2) is 6.44. The zero-order valence-corrected chi connectivity index (χ0v) is 12.8. The molecule has 0 aliphatic carbocycles. The van der Waals surface area contributed by atoms with Crippen LogP contribution in [0.3, 0.4) is 0 Å². The summed E-state index contributed by atoms with van der Waals surface area (Å²) in [4.78, 5) is 12.0. The number of nitrogens with one attached hydrogen (secondary N) is 2. The summed E-state index contributed by atoms with van der Waals surface area (Å²) in [5, 5.41) is 15.3. The van der Waals surface area contributed by atoms with E-state index < -0.39 is 5.91 Å². The van der Waals surface area contributed by atoms with Crippen molar-refractivity contribution in [3.63, 3.8) is 0 Å². The van der Waals surface area contributed by atoms with Crippen molar-refractivity contribution in [1.82, 2.24) is 5.32 Å². The minimum absolute atomic E-state index is 0.0132. The van der Waals surface area contributed by atoms with Crippen molar-refractivity contribution in [1.29, 1.82) is 5.26 Å². The number of hydrogen-bond donors (Lipinski definition) is 2. The molecule has 0 bridgehead atoms. The second-order valence-electron chi connectivity index (χ2n) is 5.43. The molecule has 5 heteroatoms. The molecule has 2 N–H and O–H groups in total. The van der Waals surface area contributed by atoms with Gasteiger partial charge in [-0.15, -0.1) is 0 Å². The monoisotopic (exact) mass is 291 g/mol. The summed E-state index contributed by atoms with van der Waals surface area (Å²) in [5.41, 5.74) is 1.16. The summed E-state index contributed by atoms with van der Waals surface area (Å²) in [6.07, 6.45) is 1.43. The van der Waals surface area contributed by atoms with Gasteiger partial charge >= 0.3 is 0 Å². The molecular formula is C15H18ClN3O. The van der Waals surface area contributed by atoms with Crippen molar-refractivity contribution in [2.75, 3.05) is 5.32 Å². The molecule has 0 saturated carbocycles. The van der Waals surface area contributed by atoms with Crippen molar-refractivity contribution < 1.29 is 4.79 Å². The van der Waals surface area contributed by atoms with Crippen LogP contribution in [0.5, 0.6) is 0 Å². The van der Waals surface area contributed by atoms with Crippen molar-refractivity contribution in [2.45, 2.75) is 33.2 Å². The van der Waals surface area contributed by atoms with Crippen LogP contribution < -0.4 is 10.6 Å². The third-order valence-electron chi connectivity index (χ3n) is 2.53. The number of benzene rings is 1. The van der Waals surface area contributed by atoms with E-state index in [-0.39, 0.29) is 11.1 Å². The van der Waals surface area contributed by atoms with Crippen molar-refractivity contribution in [3.8, 4) is 6.07 Å². The molecule has 106 valence electrons. The fourth-order valence-corrected chi connectivity index (χ4v) is 1.54. The highest BCUT2D eigenvalue weighted by Gasteiger charge is 2.13. The lowest BCUT2D eigenvalue weighted by Crippen LogP contribution is -2.32. The fraction of sp³-hybridized carbons (Fsp3) is 0.333. The Labute approximate surface area is 124 Å². The Hall–Kier alpha value is -1.99. The van der Waals surface area contributed by atoms with E-state index in [1.54, 1.807) is 25.1 Å². The van der Waals surface area contributed by atoms with E-state index in [1.807, 2.05) is 26.8 Å². The van der Waals surface area contributed by atoms with E-state index in [0.29, 0.717) is 10.7 Å². The number of rotatable bonds is 3. The van der Waals surface area contributed by atoms with Gasteiger partial charge in [-0.2, -0.15) is 5.26 Å². The number of nitriles is 1. The molecule has 0 fully saturated rings. The van der Waals surface area contributed by atoms with Gasteiger partial charge in [-0.1, -0.05) is 17.7 Å². The summed E-state index contributed by atoms with van der Waals surface area (Å²) in [5.74, 6) is -0.463. The molecule has 0 spiro atoms. The average molecular weight is 292 g/mol. The number of carbonyl (C=O) groups is 1. The maximum absolute atomic E-state index is 12.0. The van der Waals surface area contributed by atoms with Gasteiger partial charge in [0.05, 0.1) is 0 Å². The first-order chi connectivity index (χ1) is 9.24. The molecule has 0 atom stereocenters. The number of nitrogens with zero attached hydrogens (tertiary/aromatic N) is 1. The first kappa shape index (κ1) is 16.1. The quantitative estimate of drug-likeness (QED) is 0.663. The van der Waals surface area contributed by atoms with Crippen LogP contribution in [-0.4, -0.2) is 11.4 Å². The molecule has 0 aromatic heterocycles. The van der Waals surface area contributed by atoms with Gasteiger partial charge in [0.15, 0.2) is 0 Å². The topological polar surface area (TPSA) is 64.9 Å². The predicted octanol–water partition coefficient (Wildman–Crippen LogP) is 3.38. The van der Waals surface area contributed by atoms with E-state index in [1.165, 1.54) is 6.20 Å². The molecule has 1 rings (SSSR count). The van der Waals surface area contributed by atoms with Gasteiger partial charge in [-0.3, -0.25) is 4.79 Å². The third kappa shape index (κ3) is 4.60. The molecule has 4 nitrogen and oxygen atoms in total. The predicted molar refractivity (Wildman–Crippen MR) is 81.4 cm³/mol. The van der Waals surface area contributed by atoms with Crippen LogP contribution in [-0.2, 0) is 4.79 Å². The van der Waals surface area contributed by atoms with Crippen LogP contribution in [0.2, 0.25) is 5.02 Å². The highest BCUT2D eigenvalue weighted by Crippen LogP contribution is 2.23. The SMILES string of the molecule is Cc1c(Cl)cccc1NC(=O)/C(C#N)=C\NC(C)(C)C. The van der Waals surface area contributed by atoms with E-state index in [0.717, 1.165) is 5.56 Å². The normalized spacial score (nSPS) is 11.7. The zero-order valence-electron chi connectivity index (χ0n) is 12.0. The molecular weight excluding hydrogens is 274 g/mol. The van der Waals surface area contributed by atoms with Gasteiger partial charge in [0.2, 0.25) is 0 Å². The number of halogens is 1. The van der Waals surface area contributed by atoms with E-state index in [9.17, 15) is 4.79 Å². The van der Waals surface area contributed by atoms with E-state index >= 15 is 0 Å². The van der Waals surface area contributed by atoms with Gasteiger partial charge in [-0.05, 0) is 45.4 Å². The lowest BCUT2D eigenvalue weighted by molar-refractivity contribution is -0.112. The Bertz CT molecular complexity index is 580. The van der Waals surface area contributed by atoms with Crippen LogP contribution in [0.4, 0.5) is 5.69 Å². The molecule has 0 aliphatic rings. The smallest absolute Gasteiger partial charge is 0.267 e. The first-order valence-electron chi connectivity index (χ1n) is 6.19. The van der Waals surface area contributed by atoms with Gasteiger partial charge in [0.1, 0.15) is 11.6 Å². The summed E-state index contributed by atoms with van der Waals surface area (Å²) >= 11 is 5.99. The van der Waals surface area contributed by atoms with Crippen LogP contribution in [0, 0.1) is 18.3 Å². The molecule has 0 saturated heterocycles. The highest BCUT2D eigenvalue weighted by atomic mass is 35.5. The van der Waals surface area contributed by atoms with Gasteiger partial charge in [0.25, 0.3) is 5.91 Å². The van der Waals surface area contributed by atoms with Crippen LogP contribution >= 0.6 is 11.6 Å². The number of carbonyl (C=O) groups excluding carboxylic acids is 1. The Morgan fingerprint density at radius 2 is 2.05 bits per heavy atom. The molecule has 1 aromatic carbocycles. The molecule has 1 amide bonds. The second-order valence-corrected chi connectivity index (χ2v) is 5.84. The van der Waals surface area contributed by atoms with Crippen molar-refractivity contribution in [3.05, 3.63) is 40.6 Å². The standard InChI is InChI=1S/C15H18ClN3O/c1-10-12(16)6-5-7-13(10)19-14(20)11(8-17)9-18-15(2,3)4/h5-7,9,18H,1-4H3,(H,19,20)/b11-9-. The van der Waals surface area contributed by atoms with E-state index in [4.69, 9.17) is 16.9 Å². The van der Waals surface area contributed by atoms with Crippen LogP contribution in [0.15, 0.2) is 30.0 Å². The highest BCUT2D eigenvalue weighted by molar-refractivity contribution is 6.31. The molecule has 0 radical (unpaired) electrons. The lowest BCUT2D eigenvalue weighted by Gasteiger charge is -2.19. The van der Waals surface area contributed by atoms with Gasteiger partial charge in [0, 0.05) is 22.4 Å². The summed E-state index contributed by atoms with van der Waals surface area (Å²) in [6.45, 7) is 7.63. The molecule has 0 unspecified atom stereocenters. The van der Waals surface area contributed by atoms with Gasteiger partial charge in [-0.25, -0.2) is 0 Å². The summed E-state index contributed by atoms with van der Waals surface area (Å²) in [6, 6.07) is 7.11. The van der Waals surface area contributed by atoms with E-state index in [2.05, 4.69) is 10.6 Å². The van der Waals surface area contributed by atoms with Gasteiger partial charge < -0.3 is 10.6 Å². The minimum Gasteiger partial charge on any atom is -0.385 e. The van der Waals surface area contributed by atoms with Crippen molar-refractivity contribution in [2.24, 2.45) is 0 Å². The maximum Gasteiger partial charge on any atom is 0.267 e. The summed E-state index contributed by atoms with van der Waals surface area (Å²) in [7, 11) is 0. The number of hydrogen-bond acceptors (Lipinski definition) is 3. The largest absolute Gasteiger partial charge is 0.385 e. The van der Waals surface area contributed by atoms with Crippen LogP contribution in [0.25, 0.3) is 0 Å². The first-order valence-corrected chi connectivity index (χ1v) is 6.57. The Balaban J connectivity index is 2.89. The third-order valence-corrected chi connectivity index (χ3v) is 2.94. The molecule has 0 heterocycles. The maximum atomic E-state index is 12.0. The summed E-state index contributed by atoms with van der Waals surface area (Å²) < 4.78 is 0.